The number of carboxylic acids is 1. The van der Waals surface area contributed by atoms with Crippen molar-refractivity contribution in [2.75, 3.05) is 25.0 Å². The fourth-order valence-corrected chi connectivity index (χ4v) is 3.70. The maximum Gasteiger partial charge on any atom is 0.490 e. The average molecular weight is 456 g/mol. The van der Waals surface area contributed by atoms with Gasteiger partial charge in [0.15, 0.2) is 0 Å². The number of carboxylic acid groups (broad SMARTS) is 1. The predicted molar refractivity (Wildman–Crippen MR) is 115 cm³/mol. The Hall–Kier alpha value is -2.69. The van der Waals surface area contributed by atoms with E-state index in [2.05, 4.69) is 16.7 Å². The third kappa shape index (κ3) is 8.16. The molecule has 5 N–H and O–H groups in total. The molecule has 31 heavy (non-hydrogen) atoms. The van der Waals surface area contributed by atoms with Gasteiger partial charge in [0.25, 0.3) is 5.91 Å². The van der Waals surface area contributed by atoms with Gasteiger partial charge in [0.05, 0.1) is 4.88 Å². The predicted octanol–water partition coefficient (Wildman–Crippen LogP) is 3.90. The van der Waals surface area contributed by atoms with Crippen LogP contribution < -0.4 is 16.4 Å². The second-order valence-electron chi connectivity index (χ2n) is 6.69. The Morgan fingerprint density at radius 3 is 2.39 bits per heavy atom. The molecule has 0 saturated heterocycles. The molecule has 0 spiro atoms. The Labute approximate surface area is 182 Å². The number of thiophene rings is 1. The second kappa shape index (κ2) is 11.6. The summed E-state index contributed by atoms with van der Waals surface area (Å²) in [4.78, 5) is 23.3. The summed E-state index contributed by atoms with van der Waals surface area (Å²) in [5.41, 5.74) is 8.94. The van der Waals surface area contributed by atoms with Crippen LogP contribution in [-0.2, 0) is 11.2 Å². The molecule has 1 aromatic carbocycles. The number of aliphatic carboxylic acids is 1. The Morgan fingerprint density at radius 1 is 1.16 bits per heavy atom. The number of benzene rings is 1. The van der Waals surface area contributed by atoms with Crippen molar-refractivity contribution in [3.8, 4) is 0 Å². The average Bonchev–Trinajstić information content (AvgIpc) is 3.24. The van der Waals surface area contributed by atoms with Crippen LogP contribution in [0.15, 0.2) is 42.5 Å². The van der Waals surface area contributed by atoms with Gasteiger partial charge < -0.3 is 21.5 Å². The van der Waals surface area contributed by atoms with Crippen molar-refractivity contribution >= 4 is 34.5 Å². The van der Waals surface area contributed by atoms with Gasteiger partial charge in [-0.1, -0.05) is 18.2 Å². The zero-order chi connectivity index (χ0) is 22.9. The zero-order valence-electron chi connectivity index (χ0n) is 16.7. The minimum atomic E-state index is -5.08. The van der Waals surface area contributed by atoms with Gasteiger partial charge in [0, 0.05) is 17.1 Å². The fraction of sp³-hybridized carbons (Fsp3) is 0.333. The molecular formula is C21H24F3N3O3S. The van der Waals surface area contributed by atoms with E-state index in [1.165, 1.54) is 16.0 Å². The molecule has 1 aliphatic heterocycles. The lowest BCUT2D eigenvalue weighted by atomic mass is 10.1. The summed E-state index contributed by atoms with van der Waals surface area (Å²) in [6, 6.07) is 12.0. The Balaban J connectivity index is 0.000000423. The fourth-order valence-electron chi connectivity index (χ4n) is 2.73. The molecule has 6 nitrogen and oxygen atoms in total. The minimum absolute atomic E-state index is 0.0458. The molecule has 3 rings (SSSR count). The zero-order valence-corrected chi connectivity index (χ0v) is 17.5. The molecule has 0 unspecified atom stereocenters. The van der Waals surface area contributed by atoms with Gasteiger partial charge in [0.1, 0.15) is 0 Å². The number of hydrogen-bond acceptors (Lipinski definition) is 5. The van der Waals surface area contributed by atoms with Crippen molar-refractivity contribution in [2.24, 2.45) is 5.73 Å². The van der Waals surface area contributed by atoms with Crippen molar-refractivity contribution in [1.29, 1.82) is 0 Å². The summed E-state index contributed by atoms with van der Waals surface area (Å²) < 4.78 is 31.7. The minimum Gasteiger partial charge on any atom is -0.475 e. The molecule has 1 amide bonds. The number of halogens is 3. The van der Waals surface area contributed by atoms with Crippen molar-refractivity contribution in [3.05, 3.63) is 57.8 Å². The summed E-state index contributed by atoms with van der Waals surface area (Å²) in [6.07, 6.45) is 0.0982. The van der Waals surface area contributed by atoms with E-state index in [4.69, 9.17) is 15.6 Å². The van der Waals surface area contributed by atoms with Crippen LogP contribution in [0.5, 0.6) is 0 Å². The van der Waals surface area contributed by atoms with E-state index in [1.54, 1.807) is 11.3 Å². The number of aryl methyl sites for hydroxylation is 1. The first-order valence-corrected chi connectivity index (χ1v) is 10.4. The number of anilines is 1. The highest BCUT2D eigenvalue weighted by molar-refractivity contribution is 7.15. The quantitative estimate of drug-likeness (QED) is 0.529. The highest BCUT2D eigenvalue weighted by Gasteiger charge is 2.38. The largest absolute Gasteiger partial charge is 0.490 e. The number of nitrogens with two attached hydrogens (primary N) is 1. The summed E-state index contributed by atoms with van der Waals surface area (Å²) in [5, 5.41) is 13.4. The third-order valence-corrected chi connectivity index (χ3v) is 5.49. The van der Waals surface area contributed by atoms with Crippen molar-refractivity contribution in [2.45, 2.75) is 25.4 Å². The highest BCUT2D eigenvalue weighted by atomic mass is 32.1. The van der Waals surface area contributed by atoms with Crippen LogP contribution in [0.25, 0.3) is 5.57 Å². The van der Waals surface area contributed by atoms with Crippen LogP contribution in [-0.4, -0.2) is 42.8 Å². The molecule has 2 aromatic rings. The number of carbonyl (C=O) groups excluding carboxylic acids is 1. The molecule has 0 aliphatic carbocycles. The first-order chi connectivity index (χ1) is 14.7. The summed E-state index contributed by atoms with van der Waals surface area (Å²) in [5.74, 6) is -2.80. The van der Waals surface area contributed by atoms with Gasteiger partial charge in [0.2, 0.25) is 0 Å². The lowest BCUT2D eigenvalue weighted by molar-refractivity contribution is -0.192. The molecule has 0 radical (unpaired) electrons. The molecule has 10 heteroatoms. The summed E-state index contributed by atoms with van der Waals surface area (Å²) in [7, 11) is 0. The van der Waals surface area contributed by atoms with Crippen molar-refractivity contribution in [3.63, 3.8) is 0 Å². The molecule has 2 heterocycles. The van der Waals surface area contributed by atoms with Gasteiger partial charge in [-0.25, -0.2) is 4.79 Å². The van der Waals surface area contributed by atoms with Crippen LogP contribution in [0.1, 0.15) is 33.0 Å². The molecule has 0 saturated carbocycles. The van der Waals surface area contributed by atoms with E-state index in [9.17, 15) is 18.0 Å². The van der Waals surface area contributed by atoms with Gasteiger partial charge in [-0.15, -0.1) is 11.3 Å². The first kappa shape index (κ1) is 24.6. The summed E-state index contributed by atoms with van der Waals surface area (Å²) in [6.45, 7) is 2.61. The van der Waals surface area contributed by atoms with E-state index < -0.39 is 12.1 Å². The Morgan fingerprint density at radius 2 is 1.84 bits per heavy atom. The van der Waals surface area contributed by atoms with Gasteiger partial charge in [-0.2, -0.15) is 13.2 Å². The van der Waals surface area contributed by atoms with Gasteiger partial charge in [-0.3, -0.25) is 4.79 Å². The Kier molecular flexibility index (Phi) is 9.22. The molecule has 0 bridgehead atoms. The third-order valence-electron chi connectivity index (χ3n) is 4.33. The molecule has 0 atom stereocenters. The first-order valence-electron chi connectivity index (χ1n) is 9.61. The van der Waals surface area contributed by atoms with E-state index in [0.717, 1.165) is 42.9 Å². The van der Waals surface area contributed by atoms with Crippen LogP contribution >= 0.6 is 11.3 Å². The van der Waals surface area contributed by atoms with Crippen LogP contribution in [0.4, 0.5) is 18.9 Å². The molecular weight excluding hydrogens is 431 g/mol. The lowest BCUT2D eigenvalue weighted by Crippen LogP contribution is -2.21. The number of carbonyl (C=O) groups is 2. The number of rotatable bonds is 6. The highest BCUT2D eigenvalue weighted by Crippen LogP contribution is 2.28. The van der Waals surface area contributed by atoms with Crippen LogP contribution in [0, 0.1) is 0 Å². The SMILES string of the molecule is NCCCc1ccc(NC(=O)c2ccc(C3=CCNCC3)s2)cc1.O=C(O)C(F)(F)F. The maximum atomic E-state index is 12.4. The maximum absolute atomic E-state index is 12.4. The lowest BCUT2D eigenvalue weighted by Gasteiger charge is -2.12. The van der Waals surface area contributed by atoms with Crippen molar-refractivity contribution < 1.29 is 27.9 Å². The number of nitrogens with one attached hydrogen (secondary N) is 2. The monoisotopic (exact) mass is 455 g/mol. The van der Waals surface area contributed by atoms with E-state index >= 15 is 0 Å². The topological polar surface area (TPSA) is 104 Å². The number of alkyl halides is 3. The molecule has 1 aromatic heterocycles. The Bertz CT molecular complexity index is 909. The van der Waals surface area contributed by atoms with E-state index in [1.807, 2.05) is 36.4 Å². The normalized spacial score (nSPS) is 13.6. The molecule has 1 aliphatic rings. The smallest absolute Gasteiger partial charge is 0.475 e. The molecule has 0 fully saturated rings. The molecule has 168 valence electrons. The summed E-state index contributed by atoms with van der Waals surface area (Å²) >= 11 is 1.56. The standard InChI is InChI=1S/C19H23N3OS.C2HF3O2/c20-11-1-2-14-3-5-16(6-4-14)22-19(23)18-8-7-17(24-18)15-9-12-21-13-10-15;3-2(4,5)1(6)7/h3-9,21H,1-2,10-13,20H2,(H,22,23);(H,6,7). The van der Waals surface area contributed by atoms with Crippen LogP contribution in [0.2, 0.25) is 0 Å². The van der Waals surface area contributed by atoms with Crippen LogP contribution in [0.3, 0.4) is 0 Å². The van der Waals surface area contributed by atoms with E-state index in [0.29, 0.717) is 6.54 Å². The second-order valence-corrected chi connectivity index (χ2v) is 7.78. The van der Waals surface area contributed by atoms with E-state index in [-0.39, 0.29) is 5.91 Å². The van der Waals surface area contributed by atoms with Gasteiger partial charge in [-0.05, 0) is 67.8 Å². The number of hydrogen-bond donors (Lipinski definition) is 4. The number of amides is 1. The van der Waals surface area contributed by atoms with Gasteiger partial charge >= 0.3 is 12.1 Å². The van der Waals surface area contributed by atoms with Crippen molar-refractivity contribution in [1.82, 2.24) is 5.32 Å².